The van der Waals surface area contributed by atoms with Crippen molar-refractivity contribution >= 4 is 19.9 Å². The second kappa shape index (κ2) is 20.3. The van der Waals surface area contributed by atoms with Crippen molar-refractivity contribution in [3.8, 4) is 5.75 Å². The van der Waals surface area contributed by atoms with Gasteiger partial charge in [-0.2, -0.15) is 0 Å². The van der Waals surface area contributed by atoms with E-state index >= 15 is 0 Å². The fourth-order valence-electron chi connectivity index (χ4n) is 6.92. The monoisotopic (exact) mass is 678 g/mol. The molecule has 4 rings (SSSR count). The summed E-state index contributed by atoms with van der Waals surface area (Å²) in [6.07, 6.45) is 16.3. The fraction of sp³-hybridized carbons (Fsp3) is 0.730. The van der Waals surface area contributed by atoms with Crippen molar-refractivity contribution in [2.45, 2.75) is 128 Å². The summed E-state index contributed by atoms with van der Waals surface area (Å²) in [7, 11) is -1.86. The third-order valence-corrected chi connectivity index (χ3v) is 14.8. The van der Waals surface area contributed by atoms with Crippen LogP contribution in [0.5, 0.6) is 5.75 Å². The quantitative estimate of drug-likeness (QED) is 0.0822. The van der Waals surface area contributed by atoms with Crippen LogP contribution in [0.25, 0.3) is 0 Å². The van der Waals surface area contributed by atoms with E-state index in [2.05, 4.69) is 45.1 Å². The van der Waals surface area contributed by atoms with Crippen LogP contribution in [0.3, 0.4) is 0 Å². The molecule has 260 valence electrons. The molecule has 0 radical (unpaired) electrons. The molecule has 3 unspecified atom stereocenters. The lowest BCUT2D eigenvalue weighted by atomic mass is 9.89. The molecule has 1 aromatic rings. The third kappa shape index (κ3) is 11.7. The van der Waals surface area contributed by atoms with E-state index in [1.54, 1.807) is 0 Å². The SMILES string of the molecule is CCOC/C=C\C[C@H]1C(O[Si](CC)(CC)CC)C[C@@H](OC2CCCCO2)[C@@H]1/C=C/[C@H](COc1cccc(Cl)c1)OC1CCCCO1. The fourth-order valence-corrected chi connectivity index (χ4v) is 10.0. The van der Waals surface area contributed by atoms with Crippen LogP contribution in [0.4, 0.5) is 0 Å². The smallest absolute Gasteiger partial charge is 0.192 e. The summed E-state index contributed by atoms with van der Waals surface area (Å²) >= 11 is 6.24. The van der Waals surface area contributed by atoms with E-state index in [0.29, 0.717) is 24.8 Å². The highest BCUT2D eigenvalue weighted by molar-refractivity contribution is 6.73. The van der Waals surface area contributed by atoms with Crippen molar-refractivity contribution in [1.82, 2.24) is 0 Å². The topological polar surface area (TPSA) is 64.6 Å². The van der Waals surface area contributed by atoms with Crippen molar-refractivity contribution in [2.24, 2.45) is 11.8 Å². The van der Waals surface area contributed by atoms with E-state index in [9.17, 15) is 0 Å². The molecule has 0 N–H and O–H groups in total. The highest BCUT2D eigenvalue weighted by atomic mass is 35.5. The summed E-state index contributed by atoms with van der Waals surface area (Å²) in [5.41, 5.74) is 0. The molecule has 46 heavy (non-hydrogen) atoms. The van der Waals surface area contributed by atoms with Gasteiger partial charge in [-0.25, -0.2) is 0 Å². The number of halogens is 1. The number of ether oxygens (including phenoxy) is 6. The molecule has 1 aliphatic carbocycles. The molecule has 7 nitrogen and oxygen atoms in total. The van der Waals surface area contributed by atoms with E-state index < -0.39 is 8.32 Å². The number of hydrogen-bond acceptors (Lipinski definition) is 7. The van der Waals surface area contributed by atoms with Gasteiger partial charge in [-0.15, -0.1) is 0 Å². The minimum atomic E-state index is -1.86. The van der Waals surface area contributed by atoms with Crippen LogP contribution in [0.15, 0.2) is 48.6 Å². The minimum Gasteiger partial charge on any atom is -0.490 e. The third-order valence-electron chi connectivity index (χ3n) is 9.88. The maximum absolute atomic E-state index is 7.26. The van der Waals surface area contributed by atoms with Gasteiger partial charge in [-0.3, -0.25) is 0 Å². The summed E-state index contributed by atoms with van der Waals surface area (Å²) in [5.74, 6) is 1.12. The largest absolute Gasteiger partial charge is 0.490 e. The van der Waals surface area contributed by atoms with Crippen molar-refractivity contribution < 1.29 is 32.8 Å². The van der Waals surface area contributed by atoms with Crippen LogP contribution in [0, 0.1) is 11.8 Å². The standard InChI is InChI=1S/C37H59ClO7Si/c1-5-39-23-12-9-18-32-33(34(44-37-20-11-14-25-41-37)27-35(32)45-46(6-2,7-3)8-4)22-21-31(43-36-19-10-13-24-40-36)28-42-30-17-15-16-29(38)26-30/h9,12,15-17,21-22,26,31-37H,5-8,10-11,13-14,18-20,23-25,27-28H2,1-4H3/b12-9-,22-21+/t31-,32-,33-,34-,35?,36?,37?/m1/s1. The van der Waals surface area contributed by atoms with Crippen molar-refractivity contribution in [2.75, 3.05) is 33.0 Å². The zero-order valence-corrected chi connectivity index (χ0v) is 30.5. The van der Waals surface area contributed by atoms with Crippen LogP contribution in [0.1, 0.15) is 79.1 Å². The molecule has 1 aromatic carbocycles. The molecular formula is C37H59ClO7Si. The van der Waals surface area contributed by atoms with E-state index in [1.807, 2.05) is 31.2 Å². The Hall–Kier alpha value is -1.23. The Kier molecular flexibility index (Phi) is 16.6. The van der Waals surface area contributed by atoms with Crippen LogP contribution in [-0.4, -0.2) is 72.2 Å². The maximum atomic E-state index is 7.26. The van der Waals surface area contributed by atoms with Gasteiger partial charge < -0.3 is 32.8 Å². The van der Waals surface area contributed by atoms with Crippen LogP contribution < -0.4 is 4.74 Å². The van der Waals surface area contributed by atoms with Crippen LogP contribution >= 0.6 is 11.6 Å². The number of benzene rings is 1. The highest BCUT2D eigenvalue weighted by Crippen LogP contribution is 2.43. The number of rotatable bonds is 19. The molecular weight excluding hydrogens is 620 g/mol. The lowest BCUT2D eigenvalue weighted by molar-refractivity contribution is -0.193. The zero-order valence-electron chi connectivity index (χ0n) is 28.7. The normalized spacial score (nSPS) is 28.3. The van der Waals surface area contributed by atoms with Crippen molar-refractivity contribution in [3.63, 3.8) is 0 Å². The van der Waals surface area contributed by atoms with Crippen LogP contribution in [0.2, 0.25) is 23.2 Å². The first-order valence-corrected chi connectivity index (χ1v) is 20.9. The summed E-state index contributed by atoms with van der Waals surface area (Å²) in [6, 6.07) is 10.9. The Balaban J connectivity index is 1.60. The van der Waals surface area contributed by atoms with Gasteiger partial charge in [0.2, 0.25) is 0 Å². The second-order valence-corrected chi connectivity index (χ2v) is 18.0. The molecule has 2 saturated heterocycles. The van der Waals surface area contributed by atoms with Gasteiger partial charge in [0, 0.05) is 30.8 Å². The lowest BCUT2D eigenvalue weighted by Crippen LogP contribution is -2.41. The van der Waals surface area contributed by atoms with Gasteiger partial charge in [0.05, 0.1) is 18.8 Å². The van der Waals surface area contributed by atoms with E-state index in [-0.39, 0.29) is 42.7 Å². The maximum Gasteiger partial charge on any atom is 0.192 e. The van der Waals surface area contributed by atoms with Gasteiger partial charge in [0.1, 0.15) is 18.5 Å². The lowest BCUT2D eigenvalue weighted by Gasteiger charge is -2.34. The Morgan fingerprint density at radius 2 is 1.67 bits per heavy atom. The molecule has 3 fully saturated rings. The Bertz CT molecular complexity index is 1030. The van der Waals surface area contributed by atoms with E-state index in [4.69, 9.17) is 44.4 Å². The predicted octanol–water partition coefficient (Wildman–Crippen LogP) is 9.11. The average molecular weight is 679 g/mol. The molecule has 0 spiro atoms. The zero-order chi connectivity index (χ0) is 32.6. The van der Waals surface area contributed by atoms with Gasteiger partial charge in [0.25, 0.3) is 0 Å². The van der Waals surface area contributed by atoms with Crippen molar-refractivity contribution in [3.05, 3.63) is 53.6 Å². The van der Waals surface area contributed by atoms with E-state index in [1.165, 1.54) is 0 Å². The molecule has 0 bridgehead atoms. The van der Waals surface area contributed by atoms with Gasteiger partial charge in [-0.1, -0.05) is 62.7 Å². The first kappa shape index (κ1) is 37.6. The number of hydrogen-bond donors (Lipinski definition) is 0. The van der Waals surface area contributed by atoms with Crippen molar-refractivity contribution in [1.29, 1.82) is 0 Å². The first-order valence-electron chi connectivity index (χ1n) is 18.0. The summed E-state index contributed by atoms with van der Waals surface area (Å²) in [5, 5.41) is 0.647. The molecule has 2 heterocycles. The van der Waals surface area contributed by atoms with Gasteiger partial charge in [-0.05, 0) is 101 Å². The first-order chi connectivity index (χ1) is 22.5. The van der Waals surface area contributed by atoms with E-state index in [0.717, 1.165) is 88.5 Å². The Labute approximate surface area is 284 Å². The molecule has 9 heteroatoms. The summed E-state index contributed by atoms with van der Waals surface area (Å²) in [6.45, 7) is 12.1. The average Bonchev–Trinajstić information content (AvgIpc) is 3.40. The Morgan fingerprint density at radius 3 is 2.33 bits per heavy atom. The van der Waals surface area contributed by atoms with Gasteiger partial charge in [0.15, 0.2) is 20.9 Å². The minimum absolute atomic E-state index is 0.00709. The molecule has 0 amide bonds. The molecule has 2 aliphatic heterocycles. The Morgan fingerprint density at radius 1 is 0.935 bits per heavy atom. The number of allylic oxidation sites excluding steroid dienone is 1. The molecule has 7 atom stereocenters. The van der Waals surface area contributed by atoms with Gasteiger partial charge >= 0.3 is 0 Å². The predicted molar refractivity (Wildman–Crippen MR) is 187 cm³/mol. The summed E-state index contributed by atoms with van der Waals surface area (Å²) < 4.78 is 44.5. The highest BCUT2D eigenvalue weighted by Gasteiger charge is 2.47. The second-order valence-electron chi connectivity index (χ2n) is 12.8. The summed E-state index contributed by atoms with van der Waals surface area (Å²) in [4.78, 5) is 0. The molecule has 0 aromatic heterocycles. The van der Waals surface area contributed by atoms with Crippen LogP contribution in [-0.2, 0) is 28.1 Å². The molecule has 1 saturated carbocycles. The molecule has 3 aliphatic rings.